The number of benzene rings is 4. The fourth-order valence-electron chi connectivity index (χ4n) is 3.62. The summed E-state index contributed by atoms with van der Waals surface area (Å²) in [5, 5.41) is 5.79. The van der Waals surface area contributed by atoms with Gasteiger partial charge in [-0.25, -0.2) is 0 Å². The summed E-state index contributed by atoms with van der Waals surface area (Å²) in [5.74, 6) is 0. The van der Waals surface area contributed by atoms with Gasteiger partial charge in [0, 0.05) is 32.4 Å². The molecule has 1 aromatic heterocycles. The number of H-pyrrole nitrogens is 1. The molecule has 1 heterocycles. The number of hydrogen-bond donors (Lipinski definition) is 1. The Morgan fingerprint density at radius 3 is 2.25 bits per heavy atom. The first-order valence-electron chi connectivity index (χ1n) is 8.00. The number of nitrogens with one attached hydrogen (secondary N) is 1. The van der Waals surface area contributed by atoms with Gasteiger partial charge in [-0.1, -0.05) is 72.3 Å². The van der Waals surface area contributed by atoms with Gasteiger partial charge >= 0.3 is 0 Å². The number of fused-ring (bicyclic) bond motifs is 5. The summed E-state index contributed by atoms with van der Waals surface area (Å²) >= 11 is 6.49. The quantitative estimate of drug-likeness (QED) is 0.348. The Kier molecular flexibility index (Phi) is 2.91. The number of hydrogen-bond acceptors (Lipinski definition) is 0. The van der Waals surface area contributed by atoms with E-state index in [1.807, 2.05) is 18.2 Å². The van der Waals surface area contributed by atoms with Crippen molar-refractivity contribution >= 4 is 44.2 Å². The van der Waals surface area contributed by atoms with Gasteiger partial charge in [0.1, 0.15) is 0 Å². The van der Waals surface area contributed by atoms with Crippen molar-refractivity contribution in [1.82, 2.24) is 4.98 Å². The van der Waals surface area contributed by atoms with Gasteiger partial charge in [-0.3, -0.25) is 0 Å². The lowest BCUT2D eigenvalue weighted by atomic mass is 9.97. The molecule has 24 heavy (non-hydrogen) atoms. The lowest BCUT2D eigenvalue weighted by molar-refractivity contribution is 1.55. The average molecular weight is 328 g/mol. The zero-order valence-electron chi connectivity index (χ0n) is 12.9. The van der Waals surface area contributed by atoms with Gasteiger partial charge in [-0.2, -0.15) is 0 Å². The zero-order chi connectivity index (χ0) is 16.1. The Hall–Kier alpha value is -2.77. The van der Waals surface area contributed by atoms with Crippen molar-refractivity contribution in [3.63, 3.8) is 0 Å². The van der Waals surface area contributed by atoms with Crippen LogP contribution in [0.15, 0.2) is 78.9 Å². The first-order chi connectivity index (χ1) is 11.8. The van der Waals surface area contributed by atoms with Crippen molar-refractivity contribution in [2.24, 2.45) is 0 Å². The predicted octanol–water partition coefficient (Wildman–Crippen LogP) is 6.79. The molecule has 0 atom stereocenters. The topological polar surface area (TPSA) is 15.8 Å². The molecule has 0 amide bonds. The van der Waals surface area contributed by atoms with E-state index >= 15 is 0 Å². The molecular weight excluding hydrogens is 314 g/mol. The summed E-state index contributed by atoms with van der Waals surface area (Å²) < 4.78 is 0. The Labute approximate surface area is 144 Å². The molecule has 0 saturated carbocycles. The fraction of sp³-hybridized carbons (Fsp3) is 0. The molecule has 0 fully saturated rings. The molecule has 0 saturated heterocycles. The summed E-state index contributed by atoms with van der Waals surface area (Å²) in [7, 11) is 0. The van der Waals surface area contributed by atoms with E-state index in [0.717, 1.165) is 21.6 Å². The van der Waals surface area contributed by atoms with E-state index in [1.54, 1.807) is 0 Å². The predicted molar refractivity (Wildman–Crippen MR) is 104 cm³/mol. The smallest absolute Gasteiger partial charge is 0.0484 e. The second-order valence-electron chi connectivity index (χ2n) is 6.04. The van der Waals surface area contributed by atoms with Crippen LogP contribution in [0.5, 0.6) is 0 Å². The standard InChI is InChI=1S/C22H14ClN/c23-18-10-4-3-8-16(18)17-9-5-11-19-22(17)21-15-7-2-1-6-14(15)12-13-20(21)24-19/h1-13,24H. The first-order valence-corrected chi connectivity index (χ1v) is 8.38. The molecule has 0 radical (unpaired) electrons. The van der Waals surface area contributed by atoms with E-state index < -0.39 is 0 Å². The summed E-state index contributed by atoms with van der Waals surface area (Å²) in [6.45, 7) is 0. The van der Waals surface area contributed by atoms with Crippen LogP contribution in [0, 0.1) is 0 Å². The Morgan fingerprint density at radius 2 is 1.33 bits per heavy atom. The van der Waals surface area contributed by atoms with Crippen LogP contribution >= 0.6 is 11.6 Å². The third-order valence-corrected chi connectivity index (χ3v) is 5.01. The molecule has 1 nitrogen and oxygen atoms in total. The minimum absolute atomic E-state index is 0.777. The maximum absolute atomic E-state index is 6.49. The highest BCUT2D eigenvalue weighted by Gasteiger charge is 2.14. The lowest BCUT2D eigenvalue weighted by Gasteiger charge is -2.08. The van der Waals surface area contributed by atoms with E-state index in [4.69, 9.17) is 11.6 Å². The molecule has 5 rings (SSSR count). The van der Waals surface area contributed by atoms with Crippen molar-refractivity contribution in [3.05, 3.63) is 83.9 Å². The Balaban J connectivity index is 2.03. The van der Waals surface area contributed by atoms with Gasteiger partial charge in [-0.05, 0) is 34.5 Å². The van der Waals surface area contributed by atoms with Crippen molar-refractivity contribution in [1.29, 1.82) is 0 Å². The fourth-order valence-corrected chi connectivity index (χ4v) is 3.86. The maximum Gasteiger partial charge on any atom is 0.0484 e. The van der Waals surface area contributed by atoms with Crippen LogP contribution in [0.4, 0.5) is 0 Å². The SMILES string of the molecule is Clc1ccccc1-c1cccc2[nH]c3ccc4ccccc4c3c12. The van der Waals surface area contributed by atoms with Crippen LogP contribution in [0.25, 0.3) is 43.7 Å². The first kappa shape index (κ1) is 13.6. The highest BCUT2D eigenvalue weighted by Crippen LogP contribution is 2.39. The largest absolute Gasteiger partial charge is 0.354 e. The molecule has 4 aromatic carbocycles. The monoisotopic (exact) mass is 327 g/mol. The van der Waals surface area contributed by atoms with Gasteiger partial charge in [0.05, 0.1) is 0 Å². The molecule has 0 unspecified atom stereocenters. The van der Waals surface area contributed by atoms with Gasteiger partial charge < -0.3 is 4.98 Å². The third-order valence-electron chi connectivity index (χ3n) is 4.68. The second-order valence-corrected chi connectivity index (χ2v) is 6.45. The normalized spacial score (nSPS) is 11.5. The van der Waals surface area contributed by atoms with Gasteiger partial charge in [0.25, 0.3) is 0 Å². The zero-order valence-corrected chi connectivity index (χ0v) is 13.6. The van der Waals surface area contributed by atoms with E-state index in [0.29, 0.717) is 0 Å². The Morgan fingerprint density at radius 1 is 0.583 bits per heavy atom. The summed E-state index contributed by atoms with van der Waals surface area (Å²) in [4.78, 5) is 3.56. The lowest BCUT2D eigenvalue weighted by Crippen LogP contribution is -1.81. The molecule has 0 spiro atoms. The van der Waals surface area contributed by atoms with Crippen LogP contribution < -0.4 is 0 Å². The van der Waals surface area contributed by atoms with Crippen LogP contribution in [0.1, 0.15) is 0 Å². The van der Waals surface area contributed by atoms with Crippen LogP contribution in [0.3, 0.4) is 0 Å². The van der Waals surface area contributed by atoms with Crippen molar-refractivity contribution in [3.8, 4) is 11.1 Å². The van der Waals surface area contributed by atoms with Gasteiger partial charge in [0.15, 0.2) is 0 Å². The Bertz CT molecular complexity index is 1220. The molecule has 1 N–H and O–H groups in total. The van der Waals surface area contributed by atoms with E-state index in [-0.39, 0.29) is 0 Å². The number of aromatic amines is 1. The van der Waals surface area contributed by atoms with Crippen molar-refractivity contribution in [2.45, 2.75) is 0 Å². The summed E-state index contributed by atoms with van der Waals surface area (Å²) in [6.07, 6.45) is 0. The number of halogens is 1. The molecule has 5 aromatic rings. The molecule has 0 aliphatic rings. The second kappa shape index (κ2) is 5.12. The van der Waals surface area contributed by atoms with Crippen LogP contribution in [0.2, 0.25) is 5.02 Å². The maximum atomic E-state index is 6.49. The number of aromatic nitrogens is 1. The van der Waals surface area contributed by atoms with Crippen LogP contribution in [-0.4, -0.2) is 4.98 Å². The molecule has 114 valence electrons. The minimum atomic E-state index is 0.777. The molecule has 0 aliphatic heterocycles. The molecule has 0 bridgehead atoms. The molecular formula is C22H14ClN. The molecule has 0 aliphatic carbocycles. The van der Waals surface area contributed by atoms with Gasteiger partial charge in [-0.15, -0.1) is 0 Å². The highest BCUT2D eigenvalue weighted by atomic mass is 35.5. The third kappa shape index (κ3) is 1.88. The van der Waals surface area contributed by atoms with E-state index in [2.05, 4.69) is 65.6 Å². The van der Waals surface area contributed by atoms with Crippen LogP contribution in [-0.2, 0) is 0 Å². The average Bonchev–Trinajstić information content (AvgIpc) is 3.01. The summed E-state index contributed by atoms with van der Waals surface area (Å²) in [5.41, 5.74) is 4.53. The minimum Gasteiger partial charge on any atom is -0.354 e. The highest BCUT2D eigenvalue weighted by molar-refractivity contribution is 6.34. The number of rotatable bonds is 1. The van der Waals surface area contributed by atoms with E-state index in [1.165, 1.54) is 27.1 Å². The van der Waals surface area contributed by atoms with Gasteiger partial charge in [0.2, 0.25) is 0 Å². The van der Waals surface area contributed by atoms with E-state index in [9.17, 15) is 0 Å². The van der Waals surface area contributed by atoms with Crippen molar-refractivity contribution < 1.29 is 0 Å². The van der Waals surface area contributed by atoms with Crippen molar-refractivity contribution in [2.75, 3.05) is 0 Å². The molecule has 2 heteroatoms. The summed E-state index contributed by atoms with van der Waals surface area (Å²) in [6, 6.07) is 27.3.